The number of hydrogen-bond acceptors (Lipinski definition) is 6. The zero-order valence-electron chi connectivity index (χ0n) is 15.5. The first kappa shape index (κ1) is 22.4. The first-order valence-corrected chi connectivity index (χ1v) is 12.3. The lowest BCUT2D eigenvalue weighted by molar-refractivity contribution is -0.137. The van der Waals surface area contributed by atoms with Gasteiger partial charge in [0.15, 0.2) is 9.84 Å². The molecule has 0 N–H and O–H groups in total. The van der Waals surface area contributed by atoms with Crippen molar-refractivity contribution < 1.29 is 30.8 Å². The molecule has 2 aliphatic rings. The molecule has 0 bridgehead atoms. The zero-order chi connectivity index (χ0) is 22.6. The molecule has 1 atom stereocenters. The van der Waals surface area contributed by atoms with Gasteiger partial charge >= 0.3 is 6.18 Å². The quantitative estimate of drug-likeness (QED) is 0.430. The third-order valence-electron chi connectivity index (χ3n) is 4.86. The number of thioether (sulfide) groups is 1. The fraction of sp³-hybridized carbons (Fsp3) is 0.263. The molecule has 0 spiro atoms. The predicted octanol–water partition coefficient (Wildman–Crippen LogP) is 5.01. The highest BCUT2D eigenvalue weighted by atomic mass is 35.5. The molecule has 12 heteroatoms. The third-order valence-corrected chi connectivity index (χ3v) is 8.27. The molecule has 1 aromatic carbocycles. The standard InChI is InChI=1S/C19H13ClF3NO4S3/c20-14-3-1-10(19(21,22)23)7-13(14)15-4-2-12(28-15)8-16-17(25)24(18(29)30-16)11-5-6-31(26,27)9-11/h1-4,7-8,11H,5-6,9H2/b16-8+. The van der Waals surface area contributed by atoms with Gasteiger partial charge < -0.3 is 4.42 Å². The summed E-state index contributed by atoms with van der Waals surface area (Å²) in [7, 11) is -3.19. The summed E-state index contributed by atoms with van der Waals surface area (Å²) in [5, 5.41) is 0.0858. The molecule has 0 aliphatic carbocycles. The summed E-state index contributed by atoms with van der Waals surface area (Å²) in [5.41, 5.74) is -0.794. The van der Waals surface area contributed by atoms with E-state index in [-0.39, 0.29) is 42.8 Å². The van der Waals surface area contributed by atoms with Gasteiger partial charge in [0.25, 0.3) is 5.91 Å². The van der Waals surface area contributed by atoms with Gasteiger partial charge in [0.2, 0.25) is 0 Å². The molecule has 0 radical (unpaired) electrons. The van der Waals surface area contributed by atoms with Crippen molar-refractivity contribution in [1.29, 1.82) is 0 Å². The van der Waals surface area contributed by atoms with Gasteiger partial charge in [-0.15, -0.1) is 0 Å². The van der Waals surface area contributed by atoms with E-state index in [2.05, 4.69) is 0 Å². The van der Waals surface area contributed by atoms with Gasteiger partial charge in [-0.3, -0.25) is 9.69 Å². The number of thiocarbonyl (C=S) groups is 1. The highest BCUT2D eigenvalue weighted by Crippen LogP contribution is 2.39. The van der Waals surface area contributed by atoms with E-state index in [0.29, 0.717) is 6.42 Å². The number of hydrogen-bond donors (Lipinski definition) is 0. The lowest BCUT2D eigenvalue weighted by Gasteiger charge is -2.20. The van der Waals surface area contributed by atoms with Crippen LogP contribution in [0, 0.1) is 0 Å². The summed E-state index contributed by atoms with van der Waals surface area (Å²) in [4.78, 5) is 14.3. The van der Waals surface area contributed by atoms with Crippen LogP contribution in [-0.4, -0.2) is 41.1 Å². The van der Waals surface area contributed by atoms with Gasteiger partial charge in [-0.25, -0.2) is 8.42 Å². The lowest BCUT2D eigenvalue weighted by atomic mass is 10.1. The maximum Gasteiger partial charge on any atom is 0.416 e. The zero-order valence-corrected chi connectivity index (χ0v) is 18.7. The van der Waals surface area contributed by atoms with Crippen molar-refractivity contribution in [2.75, 3.05) is 11.5 Å². The lowest BCUT2D eigenvalue weighted by Crippen LogP contribution is -2.39. The molecule has 2 fully saturated rings. The average molecular weight is 508 g/mol. The number of halogens is 4. The first-order chi connectivity index (χ1) is 14.4. The van der Waals surface area contributed by atoms with E-state index in [0.717, 1.165) is 30.0 Å². The maximum atomic E-state index is 13.0. The van der Waals surface area contributed by atoms with E-state index in [1.54, 1.807) is 0 Å². The molecule has 31 heavy (non-hydrogen) atoms. The molecule has 2 aromatic rings. The highest BCUT2D eigenvalue weighted by molar-refractivity contribution is 8.26. The second kappa shape index (κ2) is 7.95. The molecule has 1 amide bonds. The van der Waals surface area contributed by atoms with Crippen LogP contribution in [0.5, 0.6) is 0 Å². The predicted molar refractivity (Wildman–Crippen MR) is 116 cm³/mol. The molecule has 4 rings (SSSR count). The van der Waals surface area contributed by atoms with Crippen LogP contribution in [0.1, 0.15) is 17.7 Å². The second-order valence-electron chi connectivity index (χ2n) is 7.00. The number of benzene rings is 1. The van der Waals surface area contributed by atoms with Crippen molar-refractivity contribution in [3.8, 4) is 11.3 Å². The average Bonchev–Trinajstić information content (AvgIpc) is 3.33. The van der Waals surface area contributed by atoms with Gasteiger partial charge in [0, 0.05) is 11.6 Å². The van der Waals surface area contributed by atoms with Crippen LogP contribution in [-0.2, 0) is 20.8 Å². The summed E-state index contributed by atoms with van der Waals surface area (Å²) in [6, 6.07) is 5.37. The SMILES string of the molecule is O=C1/C(=C\c2ccc(-c3cc(C(F)(F)F)ccc3Cl)o2)SC(=S)N1C1CCS(=O)(=O)C1. The van der Waals surface area contributed by atoms with Gasteiger partial charge in [-0.2, -0.15) is 13.2 Å². The minimum atomic E-state index is -4.53. The number of sulfone groups is 1. The van der Waals surface area contributed by atoms with Crippen LogP contribution >= 0.6 is 35.6 Å². The molecule has 3 heterocycles. The molecule has 2 aliphatic heterocycles. The van der Waals surface area contributed by atoms with Crippen LogP contribution < -0.4 is 0 Å². The Kier molecular flexibility index (Phi) is 5.74. The summed E-state index contributed by atoms with van der Waals surface area (Å²) in [6.45, 7) is 0. The fourth-order valence-electron chi connectivity index (χ4n) is 3.37. The molecule has 164 valence electrons. The fourth-order valence-corrected chi connectivity index (χ4v) is 6.66. The third kappa shape index (κ3) is 4.55. The molecule has 1 aromatic heterocycles. The van der Waals surface area contributed by atoms with Gasteiger partial charge in [-0.1, -0.05) is 35.6 Å². The Morgan fingerprint density at radius 3 is 2.65 bits per heavy atom. The molecule has 0 saturated carbocycles. The monoisotopic (exact) mass is 507 g/mol. The highest BCUT2D eigenvalue weighted by Gasteiger charge is 2.42. The molecule has 2 saturated heterocycles. The van der Waals surface area contributed by atoms with Crippen LogP contribution in [0.4, 0.5) is 13.2 Å². The number of nitrogens with zero attached hydrogens (tertiary/aromatic N) is 1. The summed E-state index contributed by atoms with van der Waals surface area (Å²) in [5.74, 6) is -0.214. The Labute approximate surface area is 190 Å². The van der Waals surface area contributed by atoms with E-state index >= 15 is 0 Å². The second-order valence-corrected chi connectivity index (χ2v) is 11.3. The number of furan rings is 1. The van der Waals surface area contributed by atoms with E-state index < -0.39 is 33.5 Å². The molecular formula is C19H13ClF3NO4S3. The Bertz CT molecular complexity index is 1220. The van der Waals surface area contributed by atoms with Crippen molar-refractivity contribution in [2.45, 2.75) is 18.6 Å². The Morgan fingerprint density at radius 1 is 1.26 bits per heavy atom. The number of alkyl halides is 3. The van der Waals surface area contributed by atoms with Crippen molar-refractivity contribution in [1.82, 2.24) is 4.90 Å². The van der Waals surface area contributed by atoms with Crippen molar-refractivity contribution in [3.63, 3.8) is 0 Å². The van der Waals surface area contributed by atoms with Crippen molar-refractivity contribution >= 4 is 61.7 Å². The number of rotatable bonds is 3. The van der Waals surface area contributed by atoms with Crippen LogP contribution in [0.25, 0.3) is 17.4 Å². The maximum absolute atomic E-state index is 13.0. The largest absolute Gasteiger partial charge is 0.457 e. The van der Waals surface area contributed by atoms with Crippen molar-refractivity contribution in [2.24, 2.45) is 0 Å². The Morgan fingerprint density at radius 2 is 2.00 bits per heavy atom. The summed E-state index contributed by atoms with van der Waals surface area (Å²) in [6.07, 6.45) is -2.79. The van der Waals surface area contributed by atoms with E-state index in [1.165, 1.54) is 23.1 Å². The van der Waals surface area contributed by atoms with E-state index in [1.807, 2.05) is 0 Å². The first-order valence-electron chi connectivity index (χ1n) is 8.89. The Balaban J connectivity index is 1.60. The topological polar surface area (TPSA) is 67.6 Å². The van der Waals surface area contributed by atoms with Crippen LogP contribution in [0.15, 0.2) is 39.7 Å². The molecule has 1 unspecified atom stereocenters. The summed E-state index contributed by atoms with van der Waals surface area (Å²) < 4.78 is 68.3. The number of carbonyl (C=O) groups is 1. The van der Waals surface area contributed by atoms with E-state index in [4.69, 9.17) is 28.2 Å². The smallest absolute Gasteiger partial charge is 0.416 e. The Hall–Kier alpha value is -1.82. The minimum Gasteiger partial charge on any atom is -0.457 e. The van der Waals surface area contributed by atoms with Gasteiger partial charge in [0.05, 0.1) is 33.0 Å². The van der Waals surface area contributed by atoms with Crippen LogP contribution in [0.3, 0.4) is 0 Å². The van der Waals surface area contributed by atoms with E-state index in [9.17, 15) is 26.4 Å². The normalized spacial score (nSPS) is 22.6. The van der Waals surface area contributed by atoms with Crippen LogP contribution in [0.2, 0.25) is 5.02 Å². The molecular weight excluding hydrogens is 495 g/mol. The number of carbonyl (C=O) groups excluding carboxylic acids is 1. The van der Waals surface area contributed by atoms with Crippen molar-refractivity contribution in [3.05, 3.63) is 51.6 Å². The number of amides is 1. The summed E-state index contributed by atoms with van der Waals surface area (Å²) >= 11 is 12.3. The minimum absolute atomic E-state index is 0.00701. The molecule has 5 nitrogen and oxygen atoms in total. The van der Waals surface area contributed by atoms with Gasteiger partial charge in [0.1, 0.15) is 15.8 Å². The van der Waals surface area contributed by atoms with Gasteiger partial charge in [-0.05, 0) is 36.8 Å².